The second-order valence-corrected chi connectivity index (χ2v) is 4.99. The van der Waals surface area contributed by atoms with Gasteiger partial charge in [0.05, 0.1) is 28.9 Å². The molecule has 1 atom stereocenters. The van der Waals surface area contributed by atoms with E-state index in [1.807, 2.05) is 18.2 Å². The smallest absolute Gasteiger partial charge is 0.243 e. The number of thiazole rings is 1. The normalized spacial score (nSPS) is 18.8. The van der Waals surface area contributed by atoms with Gasteiger partial charge in [0.25, 0.3) is 0 Å². The fraction of sp³-hybridized carbons (Fsp3) is 0.333. The van der Waals surface area contributed by atoms with E-state index >= 15 is 0 Å². The average Bonchev–Trinajstić information content (AvgIpc) is 2.87. The molecule has 1 fully saturated rings. The molecule has 1 unspecified atom stereocenters. The molecule has 2 N–H and O–H groups in total. The van der Waals surface area contributed by atoms with Crippen molar-refractivity contribution < 1.29 is 9.53 Å². The first-order valence-corrected chi connectivity index (χ1v) is 6.66. The van der Waals surface area contributed by atoms with Gasteiger partial charge in [0, 0.05) is 12.2 Å². The standard InChI is InChI=1S/C12H13N3O2S.ClH/c16-12(10-6-17-4-3-13-10)15-8-1-2-11-9(5-8)14-7-18-11;/h1-2,5,7,10,13H,3-4,6H2,(H,15,16);1H. The predicted molar refractivity (Wildman–Crippen MR) is 78.1 cm³/mol. The van der Waals surface area contributed by atoms with E-state index in [4.69, 9.17) is 4.74 Å². The van der Waals surface area contributed by atoms with E-state index in [0.717, 1.165) is 15.9 Å². The van der Waals surface area contributed by atoms with Crippen LogP contribution in [-0.4, -0.2) is 36.7 Å². The molecule has 1 aromatic heterocycles. The zero-order chi connectivity index (χ0) is 12.4. The summed E-state index contributed by atoms with van der Waals surface area (Å²) in [5.41, 5.74) is 3.48. The van der Waals surface area contributed by atoms with Crippen LogP contribution < -0.4 is 10.6 Å². The average molecular weight is 300 g/mol. The van der Waals surface area contributed by atoms with Crippen molar-refractivity contribution in [3.8, 4) is 0 Å². The highest BCUT2D eigenvalue weighted by Crippen LogP contribution is 2.21. The van der Waals surface area contributed by atoms with Crippen molar-refractivity contribution in [2.24, 2.45) is 0 Å². The monoisotopic (exact) mass is 299 g/mol. The number of ether oxygens (including phenoxy) is 1. The fourth-order valence-corrected chi connectivity index (χ4v) is 2.56. The van der Waals surface area contributed by atoms with E-state index < -0.39 is 0 Å². The maximum Gasteiger partial charge on any atom is 0.243 e. The number of rotatable bonds is 2. The number of aromatic nitrogens is 1. The first-order chi connectivity index (χ1) is 8.83. The zero-order valence-corrected chi connectivity index (χ0v) is 11.7. The summed E-state index contributed by atoms with van der Waals surface area (Å²) in [5, 5.41) is 6.00. The number of nitrogens with zero attached hydrogens (tertiary/aromatic N) is 1. The van der Waals surface area contributed by atoms with Crippen LogP contribution in [-0.2, 0) is 9.53 Å². The number of amides is 1. The molecule has 0 saturated carbocycles. The zero-order valence-electron chi connectivity index (χ0n) is 10.1. The molecule has 19 heavy (non-hydrogen) atoms. The number of benzene rings is 1. The van der Waals surface area contributed by atoms with Crippen molar-refractivity contribution in [1.82, 2.24) is 10.3 Å². The van der Waals surface area contributed by atoms with Crippen molar-refractivity contribution in [3.05, 3.63) is 23.7 Å². The molecular formula is C12H14ClN3O2S. The number of anilines is 1. The Labute approximate surface area is 120 Å². The summed E-state index contributed by atoms with van der Waals surface area (Å²) >= 11 is 1.59. The summed E-state index contributed by atoms with van der Waals surface area (Å²) < 4.78 is 6.38. The second kappa shape index (κ2) is 6.29. The van der Waals surface area contributed by atoms with Crippen molar-refractivity contribution in [2.75, 3.05) is 25.1 Å². The van der Waals surface area contributed by atoms with E-state index in [2.05, 4.69) is 15.6 Å². The third-order valence-corrected chi connectivity index (χ3v) is 3.65. The summed E-state index contributed by atoms with van der Waals surface area (Å²) in [6.45, 7) is 1.79. The van der Waals surface area contributed by atoms with Gasteiger partial charge in [-0.05, 0) is 18.2 Å². The molecule has 102 valence electrons. The van der Waals surface area contributed by atoms with E-state index in [9.17, 15) is 4.79 Å². The van der Waals surface area contributed by atoms with Crippen LogP contribution in [0.4, 0.5) is 5.69 Å². The number of hydrogen-bond acceptors (Lipinski definition) is 5. The van der Waals surface area contributed by atoms with Crippen LogP contribution >= 0.6 is 23.7 Å². The summed E-state index contributed by atoms with van der Waals surface area (Å²) in [6, 6.07) is 5.47. The lowest BCUT2D eigenvalue weighted by Gasteiger charge is -2.22. The van der Waals surface area contributed by atoms with E-state index in [-0.39, 0.29) is 24.4 Å². The lowest BCUT2D eigenvalue weighted by atomic mass is 10.2. The molecule has 5 nitrogen and oxygen atoms in total. The van der Waals surface area contributed by atoms with Crippen molar-refractivity contribution in [1.29, 1.82) is 0 Å². The van der Waals surface area contributed by atoms with Gasteiger partial charge in [-0.3, -0.25) is 4.79 Å². The second-order valence-electron chi connectivity index (χ2n) is 4.11. The van der Waals surface area contributed by atoms with E-state index in [0.29, 0.717) is 19.8 Å². The molecule has 2 heterocycles. The van der Waals surface area contributed by atoms with Gasteiger partial charge in [-0.15, -0.1) is 23.7 Å². The Morgan fingerprint density at radius 1 is 1.53 bits per heavy atom. The van der Waals surface area contributed by atoms with Crippen molar-refractivity contribution in [2.45, 2.75) is 6.04 Å². The molecule has 0 spiro atoms. The number of carbonyl (C=O) groups is 1. The maximum atomic E-state index is 12.0. The molecule has 0 aliphatic carbocycles. The van der Waals surface area contributed by atoms with Crippen molar-refractivity contribution in [3.63, 3.8) is 0 Å². The van der Waals surface area contributed by atoms with Crippen LogP contribution in [0.1, 0.15) is 0 Å². The first kappa shape index (κ1) is 14.2. The van der Waals surface area contributed by atoms with Crippen molar-refractivity contribution >= 4 is 45.6 Å². The highest BCUT2D eigenvalue weighted by molar-refractivity contribution is 7.16. The van der Waals surface area contributed by atoms with Gasteiger partial charge in [-0.1, -0.05) is 0 Å². The number of halogens is 1. The third kappa shape index (κ3) is 3.22. The quantitative estimate of drug-likeness (QED) is 0.885. The first-order valence-electron chi connectivity index (χ1n) is 5.78. The molecule has 0 radical (unpaired) electrons. The Morgan fingerprint density at radius 3 is 3.21 bits per heavy atom. The SMILES string of the molecule is Cl.O=C(Nc1ccc2scnc2c1)C1COCCN1. The number of carbonyl (C=O) groups excluding carboxylic acids is 1. The number of morpholine rings is 1. The predicted octanol–water partition coefficient (Wildman–Crippen LogP) is 1.64. The minimum Gasteiger partial charge on any atom is -0.378 e. The number of nitrogens with one attached hydrogen (secondary N) is 2. The summed E-state index contributed by atoms with van der Waals surface area (Å²) in [7, 11) is 0. The maximum absolute atomic E-state index is 12.0. The molecule has 1 aliphatic heterocycles. The molecule has 0 bridgehead atoms. The Bertz CT molecular complexity index is 569. The molecule has 7 heteroatoms. The topological polar surface area (TPSA) is 63.2 Å². The molecular weight excluding hydrogens is 286 g/mol. The summed E-state index contributed by atoms with van der Waals surface area (Å²) in [6.07, 6.45) is 0. The van der Waals surface area contributed by atoms with Gasteiger partial charge in [-0.2, -0.15) is 0 Å². The molecule has 1 amide bonds. The van der Waals surface area contributed by atoms with Crippen LogP contribution in [0.25, 0.3) is 10.2 Å². The van der Waals surface area contributed by atoms with Gasteiger partial charge in [0.15, 0.2) is 0 Å². The molecule has 1 aromatic carbocycles. The summed E-state index contributed by atoms with van der Waals surface area (Å²) in [5.74, 6) is -0.0655. The fourth-order valence-electron chi connectivity index (χ4n) is 1.90. The minimum absolute atomic E-state index is 0. The third-order valence-electron chi connectivity index (χ3n) is 2.84. The van der Waals surface area contributed by atoms with Gasteiger partial charge >= 0.3 is 0 Å². The van der Waals surface area contributed by atoms with Crippen LogP contribution in [0, 0.1) is 0 Å². The van der Waals surface area contributed by atoms with Gasteiger partial charge in [-0.25, -0.2) is 4.98 Å². The highest BCUT2D eigenvalue weighted by Gasteiger charge is 2.21. The lowest BCUT2D eigenvalue weighted by Crippen LogP contribution is -2.48. The van der Waals surface area contributed by atoms with Gasteiger partial charge < -0.3 is 15.4 Å². The highest BCUT2D eigenvalue weighted by atomic mass is 35.5. The summed E-state index contributed by atoms with van der Waals surface area (Å²) in [4.78, 5) is 16.2. The van der Waals surface area contributed by atoms with Crippen LogP contribution in [0.3, 0.4) is 0 Å². The molecule has 2 aromatic rings. The largest absolute Gasteiger partial charge is 0.378 e. The van der Waals surface area contributed by atoms with E-state index in [1.54, 1.807) is 16.8 Å². The number of hydrogen-bond donors (Lipinski definition) is 2. The van der Waals surface area contributed by atoms with Crippen LogP contribution in [0.15, 0.2) is 23.7 Å². The molecule has 3 rings (SSSR count). The molecule has 1 aliphatic rings. The molecule has 1 saturated heterocycles. The van der Waals surface area contributed by atoms with Gasteiger partial charge in [0.1, 0.15) is 6.04 Å². The Hall–Kier alpha value is -1.21. The van der Waals surface area contributed by atoms with Crippen LogP contribution in [0.2, 0.25) is 0 Å². The Morgan fingerprint density at radius 2 is 2.42 bits per heavy atom. The van der Waals surface area contributed by atoms with Crippen LogP contribution in [0.5, 0.6) is 0 Å². The minimum atomic E-state index is -0.273. The number of fused-ring (bicyclic) bond motifs is 1. The Balaban J connectivity index is 0.00000133. The van der Waals surface area contributed by atoms with Gasteiger partial charge in [0.2, 0.25) is 5.91 Å². The Kier molecular flexibility index (Phi) is 4.71. The lowest BCUT2D eigenvalue weighted by molar-refractivity contribution is -0.120. The van der Waals surface area contributed by atoms with E-state index in [1.165, 1.54) is 0 Å².